The fourth-order valence-electron chi connectivity index (χ4n) is 3.79. The monoisotopic (exact) mass is 465 g/mol. The maximum Gasteiger partial charge on any atom is 0.256 e. The number of hydrogen-bond acceptors (Lipinski definition) is 5. The molecule has 1 atom stereocenters. The van der Waals surface area contributed by atoms with Crippen LogP contribution in [0.25, 0.3) is 0 Å². The molecule has 32 heavy (non-hydrogen) atoms. The zero-order chi connectivity index (χ0) is 22.7. The van der Waals surface area contributed by atoms with Crippen LogP contribution in [0.5, 0.6) is 0 Å². The fraction of sp³-hybridized carbons (Fsp3) is 0.250. The van der Waals surface area contributed by atoms with Gasteiger partial charge in [0.15, 0.2) is 0 Å². The van der Waals surface area contributed by atoms with E-state index in [1.54, 1.807) is 12.1 Å². The van der Waals surface area contributed by atoms with Crippen molar-refractivity contribution in [3.63, 3.8) is 0 Å². The number of benzene rings is 2. The largest absolute Gasteiger partial charge is 0.312 e. The van der Waals surface area contributed by atoms with Crippen molar-refractivity contribution in [2.75, 3.05) is 5.32 Å². The van der Waals surface area contributed by atoms with Crippen LogP contribution >= 0.6 is 11.3 Å². The lowest BCUT2D eigenvalue weighted by atomic mass is 9.88. The zero-order valence-corrected chi connectivity index (χ0v) is 19.2. The molecule has 164 valence electrons. The first-order chi connectivity index (χ1) is 15.4. The highest BCUT2D eigenvalue weighted by Gasteiger charge is 2.25. The minimum atomic E-state index is -3.79. The Balaban J connectivity index is 1.52. The smallest absolute Gasteiger partial charge is 0.256 e. The normalized spacial score (nSPS) is 15.6. The van der Waals surface area contributed by atoms with E-state index in [-0.39, 0.29) is 17.0 Å². The van der Waals surface area contributed by atoms with Crippen molar-refractivity contribution in [2.45, 2.75) is 37.6 Å². The van der Waals surface area contributed by atoms with Gasteiger partial charge in [0.1, 0.15) is 11.1 Å². The number of hydrogen-bond donors (Lipinski definition) is 2. The minimum Gasteiger partial charge on any atom is -0.312 e. The first-order valence-electron chi connectivity index (χ1n) is 10.4. The molecule has 0 radical (unpaired) electrons. The number of nitrogens with one attached hydrogen (secondary N) is 2. The van der Waals surface area contributed by atoms with Gasteiger partial charge in [0.25, 0.3) is 5.91 Å². The molecule has 3 aromatic rings. The van der Waals surface area contributed by atoms with Gasteiger partial charge in [0.05, 0.1) is 10.5 Å². The molecule has 1 heterocycles. The van der Waals surface area contributed by atoms with Crippen molar-refractivity contribution in [2.24, 2.45) is 5.92 Å². The Bertz CT molecular complexity index is 1290. The van der Waals surface area contributed by atoms with E-state index >= 15 is 0 Å². The van der Waals surface area contributed by atoms with Crippen LogP contribution in [0.1, 0.15) is 45.3 Å². The number of sulfonamides is 1. The van der Waals surface area contributed by atoms with Crippen LogP contribution in [0, 0.1) is 17.2 Å². The average molecular weight is 466 g/mol. The quantitative estimate of drug-likeness (QED) is 0.561. The van der Waals surface area contributed by atoms with Gasteiger partial charge in [-0.05, 0) is 54.5 Å². The summed E-state index contributed by atoms with van der Waals surface area (Å²) in [5, 5.41) is 13.0. The van der Waals surface area contributed by atoms with E-state index in [1.165, 1.54) is 23.5 Å². The van der Waals surface area contributed by atoms with E-state index < -0.39 is 15.9 Å². The van der Waals surface area contributed by atoms with Crippen LogP contribution < -0.4 is 10.0 Å². The van der Waals surface area contributed by atoms with Crippen molar-refractivity contribution in [3.05, 3.63) is 81.7 Å². The van der Waals surface area contributed by atoms with Gasteiger partial charge in [0, 0.05) is 17.0 Å². The highest BCUT2D eigenvalue weighted by molar-refractivity contribution is 7.89. The summed E-state index contributed by atoms with van der Waals surface area (Å²) >= 11 is 1.44. The second-order valence-corrected chi connectivity index (χ2v) is 10.8. The van der Waals surface area contributed by atoms with E-state index in [0.717, 1.165) is 35.3 Å². The first kappa shape index (κ1) is 22.2. The molecule has 2 aromatic carbocycles. The molecule has 1 unspecified atom stereocenters. The summed E-state index contributed by atoms with van der Waals surface area (Å²) in [6.45, 7) is 2.34. The number of thiophene rings is 1. The summed E-state index contributed by atoms with van der Waals surface area (Å²) in [6, 6.07) is 17.4. The van der Waals surface area contributed by atoms with Gasteiger partial charge in [-0.2, -0.15) is 5.26 Å². The molecule has 0 spiro atoms. The number of nitriles is 1. The number of amides is 1. The summed E-state index contributed by atoms with van der Waals surface area (Å²) in [5.74, 6) is 0.120. The van der Waals surface area contributed by atoms with Gasteiger partial charge in [-0.15, -0.1) is 11.3 Å². The lowest BCUT2D eigenvalue weighted by molar-refractivity contribution is 0.102. The second kappa shape index (κ2) is 9.25. The molecule has 8 heteroatoms. The molecule has 6 nitrogen and oxygen atoms in total. The Labute approximate surface area is 192 Å². The van der Waals surface area contributed by atoms with Crippen molar-refractivity contribution >= 4 is 32.3 Å². The Kier molecular flexibility index (Phi) is 6.42. The summed E-state index contributed by atoms with van der Waals surface area (Å²) in [6.07, 6.45) is 2.78. The summed E-state index contributed by atoms with van der Waals surface area (Å²) in [5.41, 5.74) is 2.62. The Hall–Kier alpha value is -2.99. The predicted molar refractivity (Wildman–Crippen MR) is 125 cm³/mol. The molecule has 0 fully saturated rings. The molecular weight excluding hydrogens is 442 g/mol. The van der Waals surface area contributed by atoms with E-state index in [2.05, 4.69) is 23.0 Å². The third-order valence-corrected chi connectivity index (χ3v) is 8.13. The van der Waals surface area contributed by atoms with Crippen LogP contribution in [0.2, 0.25) is 0 Å². The number of carbonyl (C=O) groups excluding carboxylic acids is 1. The van der Waals surface area contributed by atoms with Gasteiger partial charge >= 0.3 is 0 Å². The highest BCUT2D eigenvalue weighted by atomic mass is 32.2. The Morgan fingerprint density at radius 1 is 1.19 bits per heavy atom. The van der Waals surface area contributed by atoms with E-state index in [1.807, 2.05) is 30.3 Å². The van der Waals surface area contributed by atoms with Crippen LogP contribution in [0.3, 0.4) is 0 Å². The number of carbonyl (C=O) groups is 1. The van der Waals surface area contributed by atoms with E-state index in [9.17, 15) is 18.5 Å². The van der Waals surface area contributed by atoms with Crippen LogP contribution in [0.15, 0.2) is 59.5 Å². The zero-order valence-electron chi connectivity index (χ0n) is 17.6. The predicted octanol–water partition coefficient (Wildman–Crippen LogP) is 4.48. The molecule has 1 aliphatic rings. The third-order valence-electron chi connectivity index (χ3n) is 5.57. The average Bonchev–Trinajstić information content (AvgIpc) is 3.14. The molecule has 0 aliphatic heterocycles. The molecular formula is C24H23N3O3S2. The fourth-order valence-corrected chi connectivity index (χ4v) is 6.21. The molecule has 1 aliphatic carbocycles. The Morgan fingerprint density at radius 3 is 2.72 bits per heavy atom. The lowest BCUT2D eigenvalue weighted by Crippen LogP contribution is -2.23. The third kappa shape index (κ3) is 4.75. The minimum absolute atomic E-state index is 0.0147. The van der Waals surface area contributed by atoms with Crippen LogP contribution in [-0.2, 0) is 29.4 Å². The molecule has 0 bridgehead atoms. The summed E-state index contributed by atoms with van der Waals surface area (Å²) in [4.78, 5) is 14.1. The SMILES string of the molecule is CC1CCc2c(sc(NC(=O)c3cccc(S(=O)(=O)NCc4ccccc4)c3)c2C#N)C1. The lowest BCUT2D eigenvalue weighted by Gasteiger charge is -2.17. The molecule has 1 aromatic heterocycles. The van der Waals surface area contributed by atoms with Gasteiger partial charge < -0.3 is 5.32 Å². The number of nitrogens with zero attached hydrogens (tertiary/aromatic N) is 1. The number of anilines is 1. The summed E-state index contributed by atoms with van der Waals surface area (Å²) in [7, 11) is -3.79. The molecule has 2 N–H and O–H groups in total. The van der Waals surface area contributed by atoms with Crippen molar-refractivity contribution in [3.8, 4) is 6.07 Å². The number of fused-ring (bicyclic) bond motifs is 1. The Morgan fingerprint density at radius 2 is 1.97 bits per heavy atom. The second-order valence-electron chi connectivity index (χ2n) is 7.96. The molecule has 0 saturated carbocycles. The van der Waals surface area contributed by atoms with Crippen molar-refractivity contribution < 1.29 is 13.2 Å². The van der Waals surface area contributed by atoms with Gasteiger partial charge in [-0.25, -0.2) is 13.1 Å². The molecule has 4 rings (SSSR count). The number of rotatable bonds is 6. The summed E-state index contributed by atoms with van der Waals surface area (Å²) < 4.78 is 28.0. The molecule has 0 saturated heterocycles. The van der Waals surface area contributed by atoms with Crippen molar-refractivity contribution in [1.82, 2.24) is 4.72 Å². The maximum atomic E-state index is 12.9. The standard InChI is InChI=1S/C24H23N3O3S2/c1-16-10-11-20-21(14-25)24(31-22(20)12-16)27-23(28)18-8-5-9-19(13-18)32(29,30)26-15-17-6-3-2-4-7-17/h2-9,13,16,26H,10-12,15H2,1H3,(H,27,28). The van der Waals surface area contributed by atoms with Gasteiger partial charge in [0.2, 0.25) is 10.0 Å². The van der Waals surface area contributed by atoms with Crippen LogP contribution in [0.4, 0.5) is 5.00 Å². The maximum absolute atomic E-state index is 12.9. The van der Waals surface area contributed by atoms with E-state index in [0.29, 0.717) is 16.5 Å². The molecule has 1 amide bonds. The van der Waals surface area contributed by atoms with E-state index in [4.69, 9.17) is 0 Å². The van der Waals surface area contributed by atoms with Gasteiger partial charge in [-0.3, -0.25) is 4.79 Å². The topological polar surface area (TPSA) is 99.1 Å². The first-order valence-corrected chi connectivity index (χ1v) is 12.7. The van der Waals surface area contributed by atoms with Crippen LogP contribution in [-0.4, -0.2) is 14.3 Å². The van der Waals surface area contributed by atoms with Crippen molar-refractivity contribution in [1.29, 1.82) is 5.26 Å². The van der Waals surface area contributed by atoms with Gasteiger partial charge in [-0.1, -0.05) is 43.3 Å². The highest BCUT2D eigenvalue weighted by Crippen LogP contribution is 2.39.